The molecule has 2 amide bonds. The Balaban J connectivity index is 1.98. The van der Waals surface area contributed by atoms with Crippen molar-refractivity contribution in [3.05, 3.63) is 60.4 Å². The molecule has 3 aromatic rings. The second-order valence-corrected chi connectivity index (χ2v) is 9.18. The Morgan fingerprint density at radius 1 is 1.00 bits per heavy atom. The van der Waals surface area contributed by atoms with Crippen LogP contribution in [0.25, 0.3) is 11.0 Å². The van der Waals surface area contributed by atoms with Crippen LogP contribution in [0.15, 0.2) is 54.6 Å². The van der Waals surface area contributed by atoms with Gasteiger partial charge in [-0.15, -0.1) is 0 Å². The molecule has 1 atom stereocenters. The van der Waals surface area contributed by atoms with E-state index in [-0.39, 0.29) is 30.4 Å². The fourth-order valence-electron chi connectivity index (χ4n) is 3.60. The highest BCUT2D eigenvalue weighted by atomic mass is 16.2. The number of nitrogens with zero attached hydrogens (tertiary/aromatic N) is 3. The second kappa shape index (κ2) is 8.92. The number of fused-ring (bicyclic) bond motifs is 1. The number of benzene rings is 2. The van der Waals surface area contributed by atoms with E-state index in [4.69, 9.17) is 4.98 Å². The molecule has 0 saturated heterocycles. The summed E-state index contributed by atoms with van der Waals surface area (Å²) >= 11 is 0. The molecule has 0 fully saturated rings. The van der Waals surface area contributed by atoms with Crippen molar-refractivity contribution >= 4 is 28.5 Å². The van der Waals surface area contributed by atoms with Crippen LogP contribution in [0, 0.1) is 5.41 Å². The lowest BCUT2D eigenvalue weighted by Crippen LogP contribution is -2.40. The van der Waals surface area contributed by atoms with Crippen LogP contribution >= 0.6 is 0 Å². The Hall–Kier alpha value is -3.15. The Kier molecular flexibility index (Phi) is 6.48. The minimum atomic E-state index is -0.511. The minimum Gasteiger partial charge on any atom is -0.346 e. The predicted octanol–water partition coefficient (Wildman–Crippen LogP) is 4.70. The average Bonchev–Trinajstić information content (AvgIpc) is 3.06. The third-order valence-corrected chi connectivity index (χ3v) is 5.21. The first-order valence-electron chi connectivity index (χ1n) is 10.7. The van der Waals surface area contributed by atoms with E-state index < -0.39 is 5.41 Å². The molecule has 1 unspecified atom stereocenters. The summed E-state index contributed by atoms with van der Waals surface area (Å²) < 4.78 is 1.92. The van der Waals surface area contributed by atoms with Gasteiger partial charge >= 0.3 is 0 Å². The summed E-state index contributed by atoms with van der Waals surface area (Å²) in [4.78, 5) is 32.6. The number of hydrogen-bond acceptors (Lipinski definition) is 3. The fourth-order valence-corrected chi connectivity index (χ4v) is 3.60. The smallest absolute Gasteiger partial charge is 0.247 e. The molecule has 164 valence electrons. The van der Waals surface area contributed by atoms with Crippen molar-refractivity contribution in [1.82, 2.24) is 14.9 Å². The predicted molar refractivity (Wildman–Crippen MR) is 125 cm³/mol. The molecule has 0 aliphatic rings. The van der Waals surface area contributed by atoms with Crippen molar-refractivity contribution in [2.45, 2.75) is 60.2 Å². The molecule has 6 heteroatoms. The van der Waals surface area contributed by atoms with Gasteiger partial charge in [0.05, 0.1) is 17.1 Å². The summed E-state index contributed by atoms with van der Waals surface area (Å²) in [5.74, 6) is 0.585. The third-order valence-electron chi connectivity index (χ3n) is 5.21. The number of carbonyl (C=O) groups is 2. The number of imidazole rings is 1. The van der Waals surface area contributed by atoms with Gasteiger partial charge in [-0.25, -0.2) is 4.98 Å². The average molecular weight is 421 g/mol. The maximum atomic E-state index is 13.4. The third kappa shape index (κ3) is 4.95. The van der Waals surface area contributed by atoms with Crippen molar-refractivity contribution in [3.8, 4) is 0 Å². The minimum absolute atomic E-state index is 0.00570. The van der Waals surface area contributed by atoms with Crippen molar-refractivity contribution in [2.24, 2.45) is 5.41 Å². The molecule has 0 spiro atoms. The molecule has 0 aliphatic carbocycles. The van der Waals surface area contributed by atoms with Crippen LogP contribution in [-0.2, 0) is 16.1 Å². The van der Waals surface area contributed by atoms with Gasteiger partial charge in [0.25, 0.3) is 0 Å². The number of rotatable bonds is 6. The molecule has 0 saturated carbocycles. The zero-order valence-corrected chi connectivity index (χ0v) is 19.2. The van der Waals surface area contributed by atoms with Crippen molar-refractivity contribution in [3.63, 3.8) is 0 Å². The van der Waals surface area contributed by atoms with Crippen molar-refractivity contribution in [2.75, 3.05) is 4.90 Å². The molecular weight excluding hydrogens is 388 g/mol. The first kappa shape index (κ1) is 22.5. The van der Waals surface area contributed by atoms with E-state index in [0.29, 0.717) is 5.82 Å². The highest BCUT2D eigenvalue weighted by molar-refractivity contribution is 5.94. The molecule has 1 heterocycles. The largest absolute Gasteiger partial charge is 0.346 e. The number of nitrogens with one attached hydrogen (secondary N) is 1. The summed E-state index contributed by atoms with van der Waals surface area (Å²) in [5, 5.41) is 3.05. The Bertz CT molecular complexity index is 1060. The topological polar surface area (TPSA) is 67.2 Å². The number of amides is 2. The van der Waals surface area contributed by atoms with E-state index in [9.17, 15) is 9.59 Å². The maximum absolute atomic E-state index is 13.4. The normalized spacial score (nSPS) is 12.7. The molecule has 0 aliphatic heterocycles. The first-order valence-corrected chi connectivity index (χ1v) is 10.7. The Morgan fingerprint density at radius 3 is 2.23 bits per heavy atom. The van der Waals surface area contributed by atoms with E-state index in [0.717, 1.165) is 16.7 Å². The van der Waals surface area contributed by atoms with Crippen LogP contribution in [0.3, 0.4) is 0 Å². The molecule has 3 rings (SSSR count). The lowest BCUT2D eigenvalue weighted by molar-refractivity contribution is -0.129. The zero-order valence-electron chi connectivity index (χ0n) is 19.2. The quantitative estimate of drug-likeness (QED) is 0.628. The van der Waals surface area contributed by atoms with Crippen LogP contribution in [0.1, 0.15) is 53.4 Å². The summed E-state index contributed by atoms with van der Waals surface area (Å²) in [5.41, 5.74) is 2.03. The van der Waals surface area contributed by atoms with Gasteiger partial charge in [0.15, 0.2) is 0 Å². The van der Waals surface area contributed by atoms with Crippen LogP contribution in [0.4, 0.5) is 5.69 Å². The maximum Gasteiger partial charge on any atom is 0.247 e. The standard InChI is InChI=1S/C25H32N4O2/c1-17(2)29(19-12-8-7-9-13-19)22(30)16-28-21-15-11-10-14-20(21)27-23(28)18(3)26-24(31)25(4,5)6/h7-15,17-18H,16H2,1-6H3,(H,26,31). The lowest BCUT2D eigenvalue weighted by atomic mass is 9.95. The SMILES string of the molecule is CC(NC(=O)C(C)(C)C)c1nc2ccccc2n1CC(=O)N(c1ccccc1)C(C)C. The number of para-hydroxylation sites is 3. The lowest BCUT2D eigenvalue weighted by Gasteiger charge is -2.28. The van der Waals surface area contributed by atoms with Gasteiger partial charge in [-0.3, -0.25) is 9.59 Å². The second-order valence-electron chi connectivity index (χ2n) is 9.18. The Labute approximate surface area is 184 Å². The molecule has 31 heavy (non-hydrogen) atoms. The zero-order chi connectivity index (χ0) is 22.8. The van der Waals surface area contributed by atoms with Crippen molar-refractivity contribution < 1.29 is 9.59 Å². The molecular formula is C25H32N4O2. The van der Waals surface area contributed by atoms with E-state index in [2.05, 4.69) is 5.32 Å². The fraction of sp³-hybridized carbons (Fsp3) is 0.400. The highest BCUT2D eigenvalue weighted by Crippen LogP contribution is 2.24. The van der Waals surface area contributed by atoms with Gasteiger partial charge in [0.2, 0.25) is 11.8 Å². The molecule has 1 aromatic heterocycles. The van der Waals surface area contributed by atoms with Crippen LogP contribution < -0.4 is 10.2 Å². The molecule has 2 aromatic carbocycles. The number of aromatic nitrogens is 2. The molecule has 6 nitrogen and oxygen atoms in total. The molecule has 0 bridgehead atoms. The van der Waals surface area contributed by atoms with Crippen LogP contribution in [0.2, 0.25) is 0 Å². The van der Waals surface area contributed by atoms with Crippen LogP contribution in [0.5, 0.6) is 0 Å². The monoisotopic (exact) mass is 420 g/mol. The van der Waals surface area contributed by atoms with Crippen LogP contribution in [-0.4, -0.2) is 27.4 Å². The van der Waals surface area contributed by atoms with E-state index in [1.165, 1.54) is 0 Å². The first-order chi connectivity index (χ1) is 14.6. The van der Waals surface area contributed by atoms with Gasteiger partial charge in [0.1, 0.15) is 12.4 Å². The number of anilines is 1. The summed E-state index contributed by atoms with van der Waals surface area (Å²) in [6.07, 6.45) is 0. The van der Waals surface area contributed by atoms with Crippen molar-refractivity contribution in [1.29, 1.82) is 0 Å². The van der Waals surface area contributed by atoms with Gasteiger partial charge in [-0.1, -0.05) is 51.1 Å². The summed E-state index contributed by atoms with van der Waals surface area (Å²) in [6, 6.07) is 17.1. The van der Waals surface area contributed by atoms with Gasteiger partial charge in [-0.05, 0) is 45.0 Å². The summed E-state index contributed by atoms with van der Waals surface area (Å²) in [6.45, 7) is 11.7. The van der Waals surface area contributed by atoms with Gasteiger partial charge in [-0.2, -0.15) is 0 Å². The Morgan fingerprint density at radius 2 is 1.61 bits per heavy atom. The number of hydrogen-bond donors (Lipinski definition) is 1. The van der Waals surface area contributed by atoms with Gasteiger partial charge in [0, 0.05) is 17.1 Å². The summed E-state index contributed by atoms with van der Waals surface area (Å²) in [7, 11) is 0. The van der Waals surface area contributed by atoms with Gasteiger partial charge < -0.3 is 14.8 Å². The molecule has 1 N–H and O–H groups in total. The van der Waals surface area contributed by atoms with E-state index >= 15 is 0 Å². The number of carbonyl (C=O) groups excluding carboxylic acids is 2. The van der Waals surface area contributed by atoms with E-state index in [1.807, 2.05) is 101 Å². The highest BCUT2D eigenvalue weighted by Gasteiger charge is 2.27. The molecule has 0 radical (unpaired) electrons. The van der Waals surface area contributed by atoms with E-state index in [1.54, 1.807) is 4.90 Å².